The van der Waals surface area contributed by atoms with Crippen LogP contribution >= 0.6 is 12.6 Å². The van der Waals surface area contributed by atoms with Crippen LogP contribution < -0.4 is 0 Å². The SMILES string of the molecule is O=C(OCc1ccc([N+](=O)[O-])cc1)N1CCCC1S. The van der Waals surface area contributed by atoms with Gasteiger partial charge in [0, 0.05) is 18.7 Å². The molecule has 0 spiro atoms. The zero-order valence-corrected chi connectivity index (χ0v) is 11.1. The number of carbonyl (C=O) groups is 1. The summed E-state index contributed by atoms with van der Waals surface area (Å²) in [5.41, 5.74) is 0.735. The number of amides is 1. The van der Waals surface area contributed by atoms with Gasteiger partial charge in [-0.2, -0.15) is 12.6 Å². The Morgan fingerprint density at radius 2 is 2.16 bits per heavy atom. The lowest BCUT2D eigenvalue weighted by atomic mass is 10.2. The molecule has 1 aliphatic rings. The molecule has 0 bridgehead atoms. The van der Waals surface area contributed by atoms with Crippen LogP contribution in [0.15, 0.2) is 24.3 Å². The van der Waals surface area contributed by atoms with Crippen molar-refractivity contribution in [2.75, 3.05) is 6.54 Å². The van der Waals surface area contributed by atoms with Gasteiger partial charge >= 0.3 is 6.09 Å². The van der Waals surface area contributed by atoms with Gasteiger partial charge in [0.1, 0.15) is 6.61 Å². The highest BCUT2D eigenvalue weighted by Crippen LogP contribution is 2.21. The third-order valence-corrected chi connectivity index (χ3v) is 3.50. The maximum atomic E-state index is 11.8. The number of hydrogen-bond donors (Lipinski definition) is 1. The molecular formula is C12H14N2O4S. The van der Waals surface area contributed by atoms with Crippen LogP contribution in [0.1, 0.15) is 18.4 Å². The van der Waals surface area contributed by atoms with Gasteiger partial charge in [-0.15, -0.1) is 0 Å². The summed E-state index contributed by atoms with van der Waals surface area (Å²) in [6, 6.07) is 5.93. The normalized spacial score (nSPS) is 18.4. The van der Waals surface area contributed by atoms with E-state index in [1.807, 2.05) is 0 Å². The molecule has 1 heterocycles. The molecule has 0 radical (unpaired) electrons. The lowest BCUT2D eigenvalue weighted by molar-refractivity contribution is -0.384. The predicted molar refractivity (Wildman–Crippen MR) is 72.0 cm³/mol. The van der Waals surface area contributed by atoms with Gasteiger partial charge in [0.2, 0.25) is 0 Å². The number of nitro groups is 1. The average Bonchev–Trinajstić information content (AvgIpc) is 2.83. The number of nitrogens with zero attached hydrogens (tertiary/aromatic N) is 2. The second-order valence-corrected chi connectivity index (χ2v) is 4.89. The maximum absolute atomic E-state index is 11.8. The molecule has 1 unspecified atom stereocenters. The molecule has 0 saturated carbocycles. The van der Waals surface area contributed by atoms with E-state index in [1.165, 1.54) is 12.1 Å². The van der Waals surface area contributed by atoms with Crippen LogP contribution in [0.5, 0.6) is 0 Å². The van der Waals surface area contributed by atoms with Crippen molar-refractivity contribution in [2.24, 2.45) is 0 Å². The number of carbonyl (C=O) groups excluding carboxylic acids is 1. The minimum Gasteiger partial charge on any atom is -0.445 e. The number of hydrogen-bond acceptors (Lipinski definition) is 5. The molecule has 1 aliphatic heterocycles. The van der Waals surface area contributed by atoms with Gasteiger partial charge in [-0.3, -0.25) is 15.0 Å². The lowest BCUT2D eigenvalue weighted by Gasteiger charge is -2.19. The zero-order valence-electron chi connectivity index (χ0n) is 10.2. The van der Waals surface area contributed by atoms with Crippen LogP contribution in [0.3, 0.4) is 0 Å². The van der Waals surface area contributed by atoms with Crippen molar-refractivity contribution < 1.29 is 14.5 Å². The molecule has 102 valence electrons. The fraction of sp³-hybridized carbons (Fsp3) is 0.417. The topological polar surface area (TPSA) is 72.7 Å². The summed E-state index contributed by atoms with van der Waals surface area (Å²) in [6.45, 7) is 0.765. The van der Waals surface area contributed by atoms with Crippen molar-refractivity contribution in [1.82, 2.24) is 4.90 Å². The summed E-state index contributed by atoms with van der Waals surface area (Å²) in [5, 5.41) is 10.4. The van der Waals surface area contributed by atoms with E-state index >= 15 is 0 Å². The van der Waals surface area contributed by atoms with E-state index in [0.29, 0.717) is 12.1 Å². The van der Waals surface area contributed by atoms with Crippen molar-refractivity contribution in [2.45, 2.75) is 24.8 Å². The van der Waals surface area contributed by atoms with Gasteiger partial charge in [0.05, 0.1) is 10.3 Å². The number of nitro benzene ring substituents is 1. The monoisotopic (exact) mass is 282 g/mol. The molecule has 1 aromatic carbocycles. The largest absolute Gasteiger partial charge is 0.445 e. The fourth-order valence-electron chi connectivity index (χ4n) is 1.90. The van der Waals surface area contributed by atoms with Crippen LogP contribution in [0, 0.1) is 10.1 Å². The van der Waals surface area contributed by atoms with Crippen LogP contribution in [-0.4, -0.2) is 27.8 Å². The number of rotatable bonds is 3. The number of likely N-dealkylation sites (tertiary alicyclic amines) is 1. The summed E-state index contributed by atoms with van der Waals surface area (Å²) >= 11 is 4.29. The summed E-state index contributed by atoms with van der Waals surface area (Å²) in [4.78, 5) is 23.4. The standard InChI is InChI=1S/C12H14N2O4S/c15-12(13-7-1-2-11(13)19)18-8-9-3-5-10(6-4-9)14(16)17/h3-6,11,19H,1-2,7-8H2. The van der Waals surface area contributed by atoms with Crippen molar-refractivity contribution in [1.29, 1.82) is 0 Å². The Kier molecular flexibility index (Phi) is 4.26. The number of ether oxygens (including phenoxy) is 1. The highest BCUT2D eigenvalue weighted by molar-refractivity contribution is 7.80. The molecule has 1 amide bonds. The van der Waals surface area contributed by atoms with Gasteiger partial charge in [-0.05, 0) is 30.5 Å². The smallest absolute Gasteiger partial charge is 0.410 e. The quantitative estimate of drug-likeness (QED) is 0.525. The highest BCUT2D eigenvalue weighted by atomic mass is 32.1. The van der Waals surface area contributed by atoms with Gasteiger partial charge < -0.3 is 4.74 Å². The Labute approximate surface area is 115 Å². The summed E-state index contributed by atoms with van der Waals surface area (Å²) < 4.78 is 5.15. The molecule has 7 heteroatoms. The first-order valence-electron chi connectivity index (χ1n) is 5.93. The molecule has 1 atom stereocenters. The van der Waals surface area contributed by atoms with Crippen molar-refractivity contribution in [3.8, 4) is 0 Å². The molecule has 6 nitrogen and oxygen atoms in total. The van der Waals surface area contributed by atoms with Crippen molar-refractivity contribution in [3.63, 3.8) is 0 Å². The summed E-state index contributed by atoms with van der Waals surface area (Å²) in [7, 11) is 0. The Morgan fingerprint density at radius 3 is 2.68 bits per heavy atom. The lowest BCUT2D eigenvalue weighted by Crippen LogP contribution is -2.32. The van der Waals surface area contributed by atoms with Gasteiger partial charge in [-0.25, -0.2) is 4.79 Å². The van der Waals surface area contributed by atoms with Gasteiger partial charge in [0.25, 0.3) is 5.69 Å². The highest BCUT2D eigenvalue weighted by Gasteiger charge is 2.26. The molecule has 0 N–H and O–H groups in total. The molecular weight excluding hydrogens is 268 g/mol. The Hall–Kier alpha value is -1.76. The van der Waals surface area contributed by atoms with Crippen molar-refractivity contribution >= 4 is 24.4 Å². The first-order valence-corrected chi connectivity index (χ1v) is 6.44. The first kappa shape index (κ1) is 13.7. The minimum atomic E-state index is -0.467. The van der Waals surface area contributed by atoms with Crippen LogP contribution in [0.2, 0.25) is 0 Å². The first-order chi connectivity index (χ1) is 9.08. The molecule has 1 saturated heterocycles. The molecule has 19 heavy (non-hydrogen) atoms. The Balaban J connectivity index is 1.88. The number of thiol groups is 1. The van der Waals surface area contributed by atoms with E-state index in [0.717, 1.165) is 12.8 Å². The summed E-state index contributed by atoms with van der Waals surface area (Å²) in [6.07, 6.45) is 1.41. The average molecular weight is 282 g/mol. The Bertz CT molecular complexity index is 477. The van der Waals surface area contributed by atoms with Crippen LogP contribution in [0.4, 0.5) is 10.5 Å². The Morgan fingerprint density at radius 1 is 1.47 bits per heavy atom. The predicted octanol–water partition coefficient (Wildman–Crippen LogP) is 2.58. The van der Waals surface area contributed by atoms with Crippen LogP contribution in [0.25, 0.3) is 0 Å². The maximum Gasteiger partial charge on any atom is 0.410 e. The number of non-ortho nitro benzene ring substituents is 1. The molecule has 1 fully saturated rings. The third kappa shape index (κ3) is 3.37. The summed E-state index contributed by atoms with van der Waals surface area (Å²) in [5.74, 6) is 0. The van der Waals surface area contributed by atoms with Crippen molar-refractivity contribution in [3.05, 3.63) is 39.9 Å². The fourth-order valence-corrected chi connectivity index (χ4v) is 2.30. The molecule has 2 rings (SSSR count). The van der Waals surface area contributed by atoms with Gasteiger partial charge in [-0.1, -0.05) is 0 Å². The minimum absolute atomic E-state index is 0.0186. The third-order valence-electron chi connectivity index (χ3n) is 2.97. The number of benzene rings is 1. The van der Waals surface area contributed by atoms with E-state index in [-0.39, 0.29) is 17.7 Å². The van der Waals surface area contributed by atoms with E-state index in [4.69, 9.17) is 4.74 Å². The van der Waals surface area contributed by atoms with Gasteiger partial charge in [0.15, 0.2) is 0 Å². The van der Waals surface area contributed by atoms with Crippen LogP contribution in [-0.2, 0) is 11.3 Å². The second-order valence-electron chi connectivity index (χ2n) is 4.29. The second kappa shape index (κ2) is 5.92. The molecule has 0 aliphatic carbocycles. The van der Waals surface area contributed by atoms with E-state index < -0.39 is 11.0 Å². The molecule has 1 aromatic rings. The van der Waals surface area contributed by atoms with E-state index in [1.54, 1.807) is 17.0 Å². The van der Waals surface area contributed by atoms with E-state index in [2.05, 4.69) is 12.6 Å². The van der Waals surface area contributed by atoms with E-state index in [9.17, 15) is 14.9 Å². The molecule has 0 aromatic heterocycles. The zero-order chi connectivity index (χ0) is 13.8.